The monoisotopic (exact) mass is 895 g/mol. The van der Waals surface area contributed by atoms with E-state index in [1.807, 2.05) is 0 Å². The van der Waals surface area contributed by atoms with Gasteiger partial charge < -0.3 is 39.4 Å². The maximum absolute atomic E-state index is 12.8. The fourth-order valence-corrected chi connectivity index (χ4v) is 8.16. The van der Waals surface area contributed by atoms with Crippen molar-refractivity contribution in [2.45, 2.75) is 282 Å². The summed E-state index contributed by atoms with van der Waals surface area (Å²) in [5.41, 5.74) is 0. The summed E-state index contributed by atoms with van der Waals surface area (Å²) in [5.74, 6) is -0.802. The molecule has 6 atom stereocenters. The molecule has 1 rings (SSSR count). The summed E-state index contributed by atoms with van der Waals surface area (Å²) in [5, 5.41) is 40.2. The minimum atomic E-state index is -1.59. The maximum atomic E-state index is 12.8. The van der Waals surface area contributed by atoms with Gasteiger partial charge in [-0.3, -0.25) is 9.59 Å². The summed E-state index contributed by atoms with van der Waals surface area (Å²) < 4.78 is 22.3. The van der Waals surface area contributed by atoms with E-state index in [0.717, 1.165) is 51.4 Å². The molecule has 1 saturated heterocycles. The Labute approximate surface area is 385 Å². The van der Waals surface area contributed by atoms with Gasteiger partial charge in [0, 0.05) is 12.8 Å². The van der Waals surface area contributed by atoms with Crippen LogP contribution in [0.15, 0.2) is 24.3 Å². The number of aliphatic hydroxyl groups is 4. The van der Waals surface area contributed by atoms with E-state index in [4.69, 9.17) is 18.9 Å². The van der Waals surface area contributed by atoms with E-state index >= 15 is 0 Å². The van der Waals surface area contributed by atoms with Gasteiger partial charge in [0.05, 0.1) is 13.2 Å². The Morgan fingerprint density at radius 2 is 0.889 bits per heavy atom. The second-order valence-electron chi connectivity index (χ2n) is 18.3. The second-order valence-corrected chi connectivity index (χ2v) is 18.3. The fraction of sp³-hybridized carbons (Fsp3) is 0.887. The van der Waals surface area contributed by atoms with Crippen LogP contribution in [-0.2, 0) is 28.5 Å². The van der Waals surface area contributed by atoms with E-state index in [1.165, 1.54) is 161 Å². The summed E-state index contributed by atoms with van der Waals surface area (Å²) in [7, 11) is 0. The number of ether oxygens (including phenoxy) is 4. The molecule has 10 nitrogen and oxygen atoms in total. The number of rotatable bonds is 45. The van der Waals surface area contributed by atoms with Crippen molar-refractivity contribution in [2.75, 3.05) is 19.8 Å². The molecule has 0 radical (unpaired) electrons. The van der Waals surface area contributed by atoms with Crippen LogP contribution in [0.25, 0.3) is 0 Å². The van der Waals surface area contributed by atoms with Crippen molar-refractivity contribution in [2.24, 2.45) is 0 Å². The summed E-state index contributed by atoms with van der Waals surface area (Å²) >= 11 is 0. The first-order valence-corrected chi connectivity index (χ1v) is 26.4. The predicted molar refractivity (Wildman–Crippen MR) is 256 cm³/mol. The van der Waals surface area contributed by atoms with Crippen LogP contribution in [-0.4, -0.2) is 89.0 Å². The van der Waals surface area contributed by atoms with Gasteiger partial charge in [-0.2, -0.15) is 0 Å². The molecule has 4 N–H and O–H groups in total. The Hall–Kier alpha value is -1.82. The molecule has 1 heterocycles. The quantitative estimate of drug-likeness (QED) is 0.0264. The minimum Gasteiger partial charge on any atom is -0.462 e. The Bertz CT molecular complexity index is 1080. The highest BCUT2D eigenvalue weighted by atomic mass is 16.7. The molecule has 0 aromatic rings. The first-order chi connectivity index (χ1) is 30.8. The third kappa shape index (κ3) is 35.1. The normalized spacial score (nSPS) is 19.6. The van der Waals surface area contributed by atoms with Crippen molar-refractivity contribution in [1.29, 1.82) is 0 Å². The van der Waals surface area contributed by atoms with Crippen molar-refractivity contribution < 1.29 is 49.0 Å². The maximum Gasteiger partial charge on any atom is 0.306 e. The molecule has 0 spiro atoms. The van der Waals surface area contributed by atoms with Gasteiger partial charge in [-0.05, 0) is 44.9 Å². The Morgan fingerprint density at radius 1 is 0.492 bits per heavy atom. The van der Waals surface area contributed by atoms with Crippen molar-refractivity contribution >= 4 is 11.9 Å². The second kappa shape index (κ2) is 44.0. The van der Waals surface area contributed by atoms with Gasteiger partial charge in [0.15, 0.2) is 12.4 Å². The van der Waals surface area contributed by atoms with Crippen LogP contribution < -0.4 is 0 Å². The molecular formula is C53H98O10. The zero-order valence-electron chi connectivity index (χ0n) is 40.6. The topological polar surface area (TPSA) is 152 Å². The minimum absolute atomic E-state index is 0.216. The van der Waals surface area contributed by atoms with Gasteiger partial charge >= 0.3 is 11.9 Å². The number of carbonyl (C=O) groups is 2. The first kappa shape index (κ1) is 59.2. The van der Waals surface area contributed by atoms with Gasteiger partial charge in [-0.15, -0.1) is 0 Å². The molecule has 0 saturated carbocycles. The lowest BCUT2D eigenvalue weighted by atomic mass is 9.99. The van der Waals surface area contributed by atoms with E-state index in [-0.39, 0.29) is 32.0 Å². The highest BCUT2D eigenvalue weighted by Crippen LogP contribution is 2.23. The van der Waals surface area contributed by atoms with Crippen molar-refractivity contribution in [3.63, 3.8) is 0 Å². The first-order valence-electron chi connectivity index (χ1n) is 26.4. The smallest absolute Gasteiger partial charge is 0.306 e. The molecule has 370 valence electrons. The SMILES string of the molecule is CCCCC/C=C\C/C=C\CCCCCCCCCC(=O)OC(COC(=O)CCCCCCCCCCCCCCCCCCCCCCC)COC1OC(CO)C(O)C(O)C1O. The molecule has 6 unspecified atom stereocenters. The van der Waals surface area contributed by atoms with Crippen LogP contribution in [0.5, 0.6) is 0 Å². The molecule has 10 heteroatoms. The van der Waals surface area contributed by atoms with Crippen LogP contribution in [0.2, 0.25) is 0 Å². The zero-order valence-corrected chi connectivity index (χ0v) is 40.6. The molecule has 63 heavy (non-hydrogen) atoms. The van der Waals surface area contributed by atoms with E-state index in [1.54, 1.807) is 0 Å². The number of hydrogen-bond acceptors (Lipinski definition) is 10. The fourth-order valence-electron chi connectivity index (χ4n) is 8.16. The number of esters is 2. The van der Waals surface area contributed by atoms with Crippen molar-refractivity contribution in [3.8, 4) is 0 Å². The third-order valence-electron chi connectivity index (χ3n) is 12.3. The summed E-state index contributed by atoms with van der Waals surface area (Å²) in [6, 6.07) is 0. The molecule has 1 aliphatic heterocycles. The molecule has 0 aliphatic carbocycles. The average Bonchev–Trinajstić information content (AvgIpc) is 3.28. The molecule has 0 amide bonds. The van der Waals surface area contributed by atoms with Crippen LogP contribution >= 0.6 is 0 Å². The molecule has 1 fully saturated rings. The highest BCUT2D eigenvalue weighted by Gasteiger charge is 2.44. The van der Waals surface area contributed by atoms with Crippen molar-refractivity contribution in [1.82, 2.24) is 0 Å². The summed E-state index contributed by atoms with van der Waals surface area (Å²) in [4.78, 5) is 25.5. The lowest BCUT2D eigenvalue weighted by Crippen LogP contribution is -2.59. The van der Waals surface area contributed by atoms with Crippen LogP contribution in [0.4, 0.5) is 0 Å². The lowest BCUT2D eigenvalue weighted by Gasteiger charge is -2.39. The Morgan fingerprint density at radius 3 is 1.35 bits per heavy atom. The standard InChI is InChI=1S/C53H98O10/c1-3-5-7-9-11-13-15-17-19-21-22-23-24-26-27-29-31-33-35-37-39-41-48(55)60-44-46(45-61-53-52(59)51(58)50(57)47(43-54)63-53)62-49(56)42-40-38-36-34-32-30-28-25-20-18-16-14-12-10-8-6-4-2/h12,14,18,20,46-47,50-54,57-59H,3-11,13,15-17,19,21-45H2,1-2H3/b14-12-,20-18-. The summed E-state index contributed by atoms with van der Waals surface area (Å²) in [6.07, 6.45) is 43.3. The molecule has 0 aromatic carbocycles. The van der Waals surface area contributed by atoms with Crippen molar-refractivity contribution in [3.05, 3.63) is 24.3 Å². The number of aliphatic hydroxyl groups excluding tert-OH is 4. The molecular weight excluding hydrogens is 797 g/mol. The van der Waals surface area contributed by atoms with Gasteiger partial charge in [0.25, 0.3) is 0 Å². The average molecular weight is 895 g/mol. The lowest BCUT2D eigenvalue weighted by molar-refractivity contribution is -0.305. The van der Waals surface area contributed by atoms with Gasteiger partial charge in [-0.1, -0.05) is 212 Å². The number of unbranched alkanes of at least 4 members (excludes halogenated alkanes) is 30. The van der Waals surface area contributed by atoms with E-state index < -0.39 is 49.4 Å². The number of carbonyl (C=O) groups excluding carboxylic acids is 2. The Balaban J connectivity index is 2.23. The van der Waals surface area contributed by atoms with E-state index in [0.29, 0.717) is 6.42 Å². The largest absolute Gasteiger partial charge is 0.462 e. The predicted octanol–water partition coefficient (Wildman–Crippen LogP) is 12.5. The van der Waals surface area contributed by atoms with Gasteiger partial charge in [0.2, 0.25) is 0 Å². The van der Waals surface area contributed by atoms with E-state index in [2.05, 4.69) is 38.2 Å². The molecule has 0 aromatic heterocycles. The molecule has 1 aliphatic rings. The van der Waals surface area contributed by atoms with Gasteiger partial charge in [-0.25, -0.2) is 0 Å². The van der Waals surface area contributed by atoms with Crippen LogP contribution in [0.1, 0.15) is 245 Å². The third-order valence-corrected chi connectivity index (χ3v) is 12.3. The number of allylic oxidation sites excluding steroid dienone is 4. The Kier molecular flexibility index (Phi) is 41.4. The summed E-state index contributed by atoms with van der Waals surface area (Å²) in [6.45, 7) is 3.43. The van der Waals surface area contributed by atoms with E-state index in [9.17, 15) is 30.0 Å². The molecule has 0 bridgehead atoms. The zero-order chi connectivity index (χ0) is 45.9. The number of hydrogen-bond donors (Lipinski definition) is 4. The van der Waals surface area contributed by atoms with Crippen LogP contribution in [0.3, 0.4) is 0 Å². The van der Waals surface area contributed by atoms with Gasteiger partial charge in [0.1, 0.15) is 31.0 Å². The highest BCUT2D eigenvalue weighted by molar-refractivity contribution is 5.70. The van der Waals surface area contributed by atoms with Crippen LogP contribution in [0, 0.1) is 0 Å².